The second-order valence-electron chi connectivity index (χ2n) is 6.14. The summed E-state index contributed by atoms with van der Waals surface area (Å²) < 4.78 is 13.4. The Labute approximate surface area is 140 Å². The Balaban J connectivity index is 1.45. The van der Waals surface area contributed by atoms with E-state index in [4.69, 9.17) is 0 Å². The highest BCUT2D eigenvalue weighted by atomic mass is 19.1. The molecule has 0 spiro atoms. The quantitative estimate of drug-likeness (QED) is 0.793. The van der Waals surface area contributed by atoms with E-state index in [2.05, 4.69) is 25.9 Å². The number of anilines is 1. The van der Waals surface area contributed by atoms with Crippen molar-refractivity contribution >= 4 is 5.82 Å². The summed E-state index contributed by atoms with van der Waals surface area (Å²) in [5.74, 6) is 2.21. The first-order chi connectivity index (χ1) is 11.8. The van der Waals surface area contributed by atoms with Gasteiger partial charge in [-0.3, -0.25) is 0 Å². The number of halogens is 1. The predicted octanol–water partition coefficient (Wildman–Crippen LogP) is 3.99. The number of pyridine rings is 1. The van der Waals surface area contributed by atoms with Crippen LogP contribution >= 0.6 is 0 Å². The van der Waals surface area contributed by atoms with Gasteiger partial charge >= 0.3 is 0 Å². The lowest BCUT2D eigenvalue weighted by molar-refractivity contribution is 0.486. The van der Waals surface area contributed by atoms with Gasteiger partial charge in [0, 0.05) is 30.8 Å². The summed E-state index contributed by atoms with van der Waals surface area (Å²) in [6.07, 6.45) is 5.70. The Morgan fingerprint density at radius 2 is 1.92 bits per heavy atom. The first-order valence-corrected chi connectivity index (χ1v) is 8.26. The van der Waals surface area contributed by atoms with Crippen molar-refractivity contribution in [2.24, 2.45) is 0 Å². The van der Waals surface area contributed by atoms with Crippen LogP contribution in [0.15, 0.2) is 54.9 Å². The van der Waals surface area contributed by atoms with Crippen molar-refractivity contribution in [3.05, 3.63) is 66.5 Å². The summed E-state index contributed by atoms with van der Waals surface area (Å²) in [4.78, 5) is 14.6. The van der Waals surface area contributed by atoms with Gasteiger partial charge in [-0.15, -0.1) is 0 Å². The molecule has 24 heavy (non-hydrogen) atoms. The maximum absolute atomic E-state index is 13.4. The van der Waals surface area contributed by atoms with E-state index >= 15 is 0 Å². The Kier molecular flexibility index (Phi) is 3.99. The molecule has 0 amide bonds. The number of hydrogen-bond acceptors (Lipinski definition) is 3. The van der Waals surface area contributed by atoms with Crippen LogP contribution in [-0.4, -0.2) is 28.0 Å². The van der Waals surface area contributed by atoms with E-state index in [1.54, 1.807) is 12.3 Å². The molecule has 1 aromatic carbocycles. The summed E-state index contributed by atoms with van der Waals surface area (Å²) in [6, 6.07) is 12.6. The van der Waals surface area contributed by atoms with E-state index in [-0.39, 0.29) is 5.82 Å². The Morgan fingerprint density at radius 3 is 2.67 bits per heavy atom. The highest BCUT2D eigenvalue weighted by Crippen LogP contribution is 2.29. The minimum atomic E-state index is -0.229. The smallest absolute Gasteiger partial charge is 0.128 e. The monoisotopic (exact) mass is 322 g/mol. The number of aromatic nitrogens is 3. The number of imidazole rings is 1. The van der Waals surface area contributed by atoms with Gasteiger partial charge in [-0.25, -0.2) is 14.4 Å². The van der Waals surface area contributed by atoms with Crippen molar-refractivity contribution in [3.63, 3.8) is 0 Å². The minimum absolute atomic E-state index is 0.229. The fourth-order valence-electron chi connectivity index (χ4n) is 3.27. The van der Waals surface area contributed by atoms with E-state index in [1.165, 1.54) is 12.1 Å². The molecule has 1 saturated heterocycles. The first kappa shape index (κ1) is 14.9. The molecule has 5 heteroatoms. The topological polar surface area (TPSA) is 44.8 Å². The van der Waals surface area contributed by atoms with Gasteiger partial charge in [0.1, 0.15) is 17.5 Å². The summed E-state index contributed by atoms with van der Waals surface area (Å²) in [5.41, 5.74) is 1.70. The van der Waals surface area contributed by atoms with Crippen LogP contribution in [0.3, 0.4) is 0 Å². The summed E-state index contributed by atoms with van der Waals surface area (Å²) in [6.45, 7) is 1.94. The van der Waals surface area contributed by atoms with Gasteiger partial charge in [0.05, 0.1) is 11.9 Å². The van der Waals surface area contributed by atoms with Crippen molar-refractivity contribution in [3.8, 4) is 11.3 Å². The number of nitrogens with zero attached hydrogens (tertiary/aromatic N) is 3. The number of hydrogen-bond donors (Lipinski definition) is 1. The molecule has 0 bridgehead atoms. The molecule has 0 atom stereocenters. The number of H-pyrrole nitrogens is 1. The van der Waals surface area contributed by atoms with Crippen molar-refractivity contribution in [2.45, 2.75) is 18.8 Å². The second-order valence-corrected chi connectivity index (χ2v) is 6.14. The van der Waals surface area contributed by atoms with Gasteiger partial charge in [0.25, 0.3) is 0 Å². The number of piperidine rings is 1. The summed E-state index contributed by atoms with van der Waals surface area (Å²) >= 11 is 0. The standard InChI is InChI=1S/C19H19FN4/c20-16-5-3-4-15(12-16)17-13-22-19(23-17)14-7-10-24(11-8-14)18-6-1-2-9-21-18/h1-6,9,12-14H,7-8,10-11H2,(H,22,23). The molecule has 4 nitrogen and oxygen atoms in total. The highest BCUT2D eigenvalue weighted by Gasteiger charge is 2.23. The van der Waals surface area contributed by atoms with Gasteiger partial charge in [-0.1, -0.05) is 18.2 Å². The zero-order chi connectivity index (χ0) is 16.4. The average Bonchev–Trinajstić information content (AvgIpc) is 3.13. The number of rotatable bonds is 3. The van der Waals surface area contributed by atoms with E-state index in [9.17, 15) is 4.39 Å². The molecule has 1 N–H and O–H groups in total. The zero-order valence-corrected chi connectivity index (χ0v) is 13.3. The Bertz CT molecular complexity index is 807. The highest BCUT2D eigenvalue weighted by molar-refractivity contribution is 5.58. The van der Waals surface area contributed by atoms with Crippen LogP contribution in [0.4, 0.5) is 10.2 Å². The van der Waals surface area contributed by atoms with E-state index in [0.29, 0.717) is 5.92 Å². The predicted molar refractivity (Wildman–Crippen MR) is 92.4 cm³/mol. The zero-order valence-electron chi connectivity index (χ0n) is 13.3. The van der Waals surface area contributed by atoms with Gasteiger partial charge in [0.15, 0.2) is 0 Å². The van der Waals surface area contributed by atoms with Crippen LogP contribution in [-0.2, 0) is 0 Å². The molecule has 0 unspecified atom stereocenters. The molecule has 4 rings (SSSR count). The van der Waals surface area contributed by atoms with Gasteiger partial charge < -0.3 is 9.88 Å². The minimum Gasteiger partial charge on any atom is -0.357 e. The fourth-order valence-corrected chi connectivity index (χ4v) is 3.27. The molecule has 1 aliphatic rings. The lowest BCUT2D eigenvalue weighted by Crippen LogP contribution is -2.33. The number of benzene rings is 1. The summed E-state index contributed by atoms with van der Waals surface area (Å²) in [5, 5.41) is 0. The molecule has 122 valence electrons. The van der Waals surface area contributed by atoms with E-state index in [1.807, 2.05) is 24.4 Å². The molecule has 2 aromatic heterocycles. The van der Waals surface area contributed by atoms with Crippen LogP contribution in [0.25, 0.3) is 11.3 Å². The van der Waals surface area contributed by atoms with Gasteiger partial charge in [0.2, 0.25) is 0 Å². The molecule has 0 saturated carbocycles. The average molecular weight is 322 g/mol. The normalized spacial score (nSPS) is 15.6. The largest absolute Gasteiger partial charge is 0.357 e. The van der Waals surface area contributed by atoms with Gasteiger partial charge in [-0.2, -0.15) is 0 Å². The third-order valence-electron chi connectivity index (χ3n) is 4.59. The van der Waals surface area contributed by atoms with E-state index in [0.717, 1.165) is 48.8 Å². The molecule has 0 aliphatic carbocycles. The summed E-state index contributed by atoms with van der Waals surface area (Å²) in [7, 11) is 0. The van der Waals surface area contributed by atoms with Crippen molar-refractivity contribution in [1.82, 2.24) is 15.0 Å². The van der Waals surface area contributed by atoms with Crippen molar-refractivity contribution < 1.29 is 4.39 Å². The molecule has 1 aliphatic heterocycles. The second kappa shape index (κ2) is 6.43. The van der Waals surface area contributed by atoms with Gasteiger partial charge in [-0.05, 0) is 37.1 Å². The lowest BCUT2D eigenvalue weighted by Gasteiger charge is -2.31. The SMILES string of the molecule is Fc1cccc(-c2cnc(C3CCN(c4ccccn4)CC3)[nH]2)c1. The fraction of sp³-hybridized carbons (Fsp3) is 0.263. The van der Waals surface area contributed by atoms with Crippen LogP contribution in [0.5, 0.6) is 0 Å². The number of nitrogens with one attached hydrogen (secondary N) is 1. The first-order valence-electron chi connectivity index (χ1n) is 8.26. The third kappa shape index (κ3) is 3.02. The maximum Gasteiger partial charge on any atom is 0.128 e. The maximum atomic E-state index is 13.4. The van der Waals surface area contributed by atoms with Crippen LogP contribution in [0.1, 0.15) is 24.6 Å². The third-order valence-corrected chi connectivity index (χ3v) is 4.59. The van der Waals surface area contributed by atoms with Crippen LogP contribution in [0, 0.1) is 5.82 Å². The van der Waals surface area contributed by atoms with Crippen LogP contribution in [0.2, 0.25) is 0 Å². The van der Waals surface area contributed by atoms with Crippen molar-refractivity contribution in [2.75, 3.05) is 18.0 Å². The number of aromatic amines is 1. The molecular weight excluding hydrogens is 303 g/mol. The Hall–Kier alpha value is -2.69. The molecule has 3 heterocycles. The molecule has 1 fully saturated rings. The molecule has 3 aromatic rings. The van der Waals surface area contributed by atoms with Crippen molar-refractivity contribution in [1.29, 1.82) is 0 Å². The molecular formula is C19H19FN4. The Morgan fingerprint density at radius 1 is 1.04 bits per heavy atom. The molecule has 0 radical (unpaired) electrons. The van der Waals surface area contributed by atoms with E-state index < -0.39 is 0 Å². The lowest BCUT2D eigenvalue weighted by atomic mass is 9.96. The van der Waals surface area contributed by atoms with Crippen LogP contribution < -0.4 is 4.90 Å².